The summed E-state index contributed by atoms with van der Waals surface area (Å²) in [4.78, 5) is 0. The molecule has 1 aliphatic rings. The van der Waals surface area contributed by atoms with Crippen molar-refractivity contribution in [1.82, 2.24) is 0 Å². The van der Waals surface area contributed by atoms with Crippen molar-refractivity contribution in [2.45, 2.75) is 38.7 Å². The minimum Gasteiger partial charge on any atom is -0.496 e. The lowest BCUT2D eigenvalue weighted by Crippen LogP contribution is -2.18. The first kappa shape index (κ1) is 12.2. The number of ether oxygens (including phenoxy) is 2. The number of methoxy groups -OCH3 is 2. The number of hydrogen-bond acceptors (Lipinski definition) is 3. The Morgan fingerprint density at radius 1 is 1.12 bits per heavy atom. The summed E-state index contributed by atoms with van der Waals surface area (Å²) in [7, 11) is 3.34. The van der Waals surface area contributed by atoms with E-state index in [1.165, 1.54) is 11.1 Å². The first-order chi connectivity index (χ1) is 7.99. The zero-order chi connectivity index (χ0) is 12.6. The van der Waals surface area contributed by atoms with E-state index in [2.05, 4.69) is 0 Å². The van der Waals surface area contributed by atoms with Gasteiger partial charge in [-0.05, 0) is 39.2 Å². The summed E-state index contributed by atoms with van der Waals surface area (Å²) in [5, 5.41) is 10.2. The molecule has 0 spiro atoms. The van der Waals surface area contributed by atoms with Crippen LogP contribution in [0.15, 0.2) is 6.07 Å². The monoisotopic (exact) mass is 236 g/mol. The Balaban J connectivity index is 2.68. The average Bonchev–Trinajstić information content (AvgIpc) is 2.74. The summed E-state index contributed by atoms with van der Waals surface area (Å²) >= 11 is 0. The molecule has 0 aromatic heterocycles. The molecule has 17 heavy (non-hydrogen) atoms. The molecule has 0 unspecified atom stereocenters. The van der Waals surface area contributed by atoms with Crippen molar-refractivity contribution in [3.63, 3.8) is 0 Å². The van der Waals surface area contributed by atoms with Crippen LogP contribution in [0.1, 0.15) is 37.0 Å². The third-order valence-electron chi connectivity index (χ3n) is 3.39. The van der Waals surface area contributed by atoms with E-state index in [0.29, 0.717) is 0 Å². The summed E-state index contributed by atoms with van der Waals surface area (Å²) in [5.74, 6) is 1.70. The first-order valence-electron chi connectivity index (χ1n) is 5.98. The van der Waals surface area contributed by atoms with Gasteiger partial charge in [0.1, 0.15) is 11.5 Å². The molecule has 1 N–H and O–H groups in total. The standard InChI is InChI=1S/C14H20O3/c1-14(2,15)11-8-12(16-3)9-6-5-7-10(9)13(11)17-4/h8,15H,5-7H2,1-4H3. The Hall–Kier alpha value is -1.22. The van der Waals surface area contributed by atoms with Crippen LogP contribution < -0.4 is 9.47 Å². The lowest BCUT2D eigenvalue weighted by Gasteiger charge is -2.24. The summed E-state index contributed by atoms with van der Waals surface area (Å²) in [6.07, 6.45) is 3.15. The predicted molar refractivity (Wildman–Crippen MR) is 66.8 cm³/mol. The van der Waals surface area contributed by atoms with E-state index in [0.717, 1.165) is 36.3 Å². The van der Waals surface area contributed by atoms with Crippen molar-refractivity contribution < 1.29 is 14.6 Å². The predicted octanol–water partition coefficient (Wildman–Crippen LogP) is 2.42. The van der Waals surface area contributed by atoms with E-state index >= 15 is 0 Å². The average molecular weight is 236 g/mol. The zero-order valence-electron chi connectivity index (χ0n) is 11.0. The van der Waals surface area contributed by atoms with E-state index < -0.39 is 5.60 Å². The van der Waals surface area contributed by atoms with Crippen LogP contribution in [0, 0.1) is 0 Å². The van der Waals surface area contributed by atoms with Crippen molar-refractivity contribution >= 4 is 0 Å². The van der Waals surface area contributed by atoms with Gasteiger partial charge in [-0.3, -0.25) is 0 Å². The number of benzene rings is 1. The summed E-state index contributed by atoms with van der Waals surface area (Å²) in [5.41, 5.74) is 2.31. The highest BCUT2D eigenvalue weighted by Crippen LogP contribution is 2.43. The second-order valence-corrected chi connectivity index (χ2v) is 5.03. The maximum absolute atomic E-state index is 10.2. The van der Waals surface area contributed by atoms with Gasteiger partial charge in [0, 0.05) is 16.7 Å². The normalized spacial score (nSPS) is 14.6. The van der Waals surface area contributed by atoms with Gasteiger partial charge in [0.25, 0.3) is 0 Å². The zero-order valence-corrected chi connectivity index (χ0v) is 11.0. The molecule has 1 aromatic carbocycles. The van der Waals surface area contributed by atoms with E-state index in [4.69, 9.17) is 9.47 Å². The third-order valence-corrected chi connectivity index (χ3v) is 3.39. The summed E-state index contributed by atoms with van der Waals surface area (Å²) in [6, 6.07) is 1.91. The minimum absolute atomic E-state index is 0.803. The molecule has 0 atom stereocenters. The van der Waals surface area contributed by atoms with Crippen molar-refractivity contribution in [2.24, 2.45) is 0 Å². The molecule has 1 aromatic rings. The van der Waals surface area contributed by atoms with Gasteiger partial charge in [-0.1, -0.05) is 0 Å². The van der Waals surface area contributed by atoms with Crippen LogP contribution in [-0.2, 0) is 18.4 Å². The van der Waals surface area contributed by atoms with Gasteiger partial charge in [0.15, 0.2) is 0 Å². The molecule has 1 aliphatic carbocycles. The second-order valence-electron chi connectivity index (χ2n) is 5.03. The quantitative estimate of drug-likeness (QED) is 0.876. The van der Waals surface area contributed by atoms with E-state index in [-0.39, 0.29) is 0 Å². The fourth-order valence-electron chi connectivity index (χ4n) is 2.58. The van der Waals surface area contributed by atoms with Crippen LogP contribution in [0.3, 0.4) is 0 Å². The smallest absolute Gasteiger partial charge is 0.128 e. The van der Waals surface area contributed by atoms with Crippen molar-refractivity contribution in [3.8, 4) is 11.5 Å². The molecule has 2 rings (SSSR count). The number of fused-ring (bicyclic) bond motifs is 1. The molecular formula is C14H20O3. The molecular weight excluding hydrogens is 216 g/mol. The highest BCUT2D eigenvalue weighted by molar-refractivity contribution is 5.57. The van der Waals surface area contributed by atoms with E-state index in [1.54, 1.807) is 28.1 Å². The van der Waals surface area contributed by atoms with E-state index in [1.807, 2.05) is 6.07 Å². The fraction of sp³-hybridized carbons (Fsp3) is 0.571. The maximum atomic E-state index is 10.2. The van der Waals surface area contributed by atoms with E-state index in [9.17, 15) is 5.11 Å². The largest absolute Gasteiger partial charge is 0.496 e. The molecule has 3 heteroatoms. The van der Waals surface area contributed by atoms with Crippen LogP contribution in [0.4, 0.5) is 0 Å². The molecule has 0 saturated heterocycles. The topological polar surface area (TPSA) is 38.7 Å². The van der Waals surface area contributed by atoms with Gasteiger partial charge >= 0.3 is 0 Å². The van der Waals surface area contributed by atoms with Crippen LogP contribution in [0.2, 0.25) is 0 Å². The van der Waals surface area contributed by atoms with Crippen LogP contribution in [0.25, 0.3) is 0 Å². The highest BCUT2D eigenvalue weighted by atomic mass is 16.5. The van der Waals surface area contributed by atoms with Crippen LogP contribution >= 0.6 is 0 Å². The lowest BCUT2D eigenvalue weighted by molar-refractivity contribution is 0.0752. The Morgan fingerprint density at radius 2 is 1.76 bits per heavy atom. The Bertz CT molecular complexity index is 430. The van der Waals surface area contributed by atoms with Gasteiger partial charge in [0.2, 0.25) is 0 Å². The number of rotatable bonds is 3. The highest BCUT2D eigenvalue weighted by Gasteiger charge is 2.29. The van der Waals surface area contributed by atoms with Crippen molar-refractivity contribution in [3.05, 3.63) is 22.8 Å². The summed E-state index contributed by atoms with van der Waals surface area (Å²) < 4.78 is 10.9. The summed E-state index contributed by atoms with van der Waals surface area (Å²) in [6.45, 7) is 3.54. The Kier molecular flexibility index (Phi) is 3.04. The molecule has 0 radical (unpaired) electrons. The molecule has 3 nitrogen and oxygen atoms in total. The molecule has 0 bridgehead atoms. The van der Waals surface area contributed by atoms with Crippen LogP contribution in [0.5, 0.6) is 11.5 Å². The molecule has 0 amide bonds. The SMILES string of the molecule is COc1cc(C(C)(C)O)c(OC)c2c1CCC2. The molecule has 0 heterocycles. The van der Waals surface area contributed by atoms with Gasteiger partial charge in [-0.15, -0.1) is 0 Å². The minimum atomic E-state index is -0.920. The molecule has 0 saturated carbocycles. The molecule has 94 valence electrons. The molecule has 0 aliphatic heterocycles. The van der Waals surface area contributed by atoms with Crippen molar-refractivity contribution in [1.29, 1.82) is 0 Å². The van der Waals surface area contributed by atoms with Crippen molar-refractivity contribution in [2.75, 3.05) is 14.2 Å². The maximum Gasteiger partial charge on any atom is 0.128 e. The second kappa shape index (κ2) is 4.22. The molecule has 0 fully saturated rings. The third kappa shape index (κ3) is 2.00. The Morgan fingerprint density at radius 3 is 2.29 bits per heavy atom. The van der Waals surface area contributed by atoms with Crippen LogP contribution in [-0.4, -0.2) is 19.3 Å². The van der Waals surface area contributed by atoms with Gasteiger partial charge < -0.3 is 14.6 Å². The lowest BCUT2D eigenvalue weighted by atomic mass is 9.92. The Labute approximate surface area is 102 Å². The fourth-order valence-corrected chi connectivity index (χ4v) is 2.58. The first-order valence-corrected chi connectivity index (χ1v) is 5.98. The van der Waals surface area contributed by atoms with Gasteiger partial charge in [-0.25, -0.2) is 0 Å². The number of aliphatic hydroxyl groups is 1. The van der Waals surface area contributed by atoms with Gasteiger partial charge in [-0.2, -0.15) is 0 Å². The van der Waals surface area contributed by atoms with Gasteiger partial charge in [0.05, 0.1) is 19.8 Å². The number of hydrogen-bond donors (Lipinski definition) is 1.